The van der Waals surface area contributed by atoms with Crippen molar-refractivity contribution in [1.82, 2.24) is 29.5 Å². The Balaban J connectivity index is 0.00000196. The first kappa shape index (κ1) is 18.6. The molecule has 2 aromatic heterocycles. The number of hydrogen-bond acceptors (Lipinski definition) is 4. The summed E-state index contributed by atoms with van der Waals surface area (Å²) in [5.74, 6) is 1.11. The summed E-state index contributed by atoms with van der Waals surface area (Å²) in [5.41, 5.74) is 3.45. The number of nitrogens with zero attached hydrogens (tertiary/aromatic N) is 5. The monoisotopic (exact) mass is 372 g/mol. The minimum atomic E-state index is 0. The maximum atomic E-state index is 4.71. The van der Waals surface area contributed by atoms with Crippen LogP contribution >= 0.6 is 12.4 Å². The molecule has 3 heterocycles. The van der Waals surface area contributed by atoms with Crippen LogP contribution < -0.4 is 5.32 Å². The van der Waals surface area contributed by atoms with E-state index in [9.17, 15) is 0 Å². The topological polar surface area (TPSA) is 50.9 Å². The molecule has 7 heteroatoms. The lowest BCUT2D eigenvalue weighted by Gasteiger charge is -2.35. The average Bonchev–Trinajstić information content (AvgIpc) is 3.22. The third-order valence-corrected chi connectivity index (χ3v) is 4.91. The van der Waals surface area contributed by atoms with Gasteiger partial charge in [0.25, 0.3) is 0 Å². The summed E-state index contributed by atoms with van der Waals surface area (Å²) in [6.07, 6.45) is 6.05. The van der Waals surface area contributed by atoms with Crippen molar-refractivity contribution in [2.45, 2.75) is 19.5 Å². The largest absolute Gasteiger partial charge is 0.337 e. The van der Waals surface area contributed by atoms with E-state index in [0.29, 0.717) is 0 Å². The molecule has 6 nitrogen and oxygen atoms in total. The summed E-state index contributed by atoms with van der Waals surface area (Å²) < 4.78 is 4.09. The molecular weight excluding hydrogens is 348 g/mol. The predicted molar refractivity (Wildman–Crippen MR) is 105 cm³/mol. The van der Waals surface area contributed by atoms with Crippen molar-refractivity contribution in [2.75, 3.05) is 19.6 Å². The van der Waals surface area contributed by atoms with E-state index in [1.165, 1.54) is 5.56 Å². The second-order valence-corrected chi connectivity index (χ2v) is 6.61. The van der Waals surface area contributed by atoms with Crippen molar-refractivity contribution in [1.29, 1.82) is 0 Å². The van der Waals surface area contributed by atoms with E-state index in [-0.39, 0.29) is 18.4 Å². The number of halogens is 1. The van der Waals surface area contributed by atoms with E-state index in [2.05, 4.69) is 52.1 Å². The molecule has 3 aromatic rings. The van der Waals surface area contributed by atoms with Gasteiger partial charge in [-0.15, -0.1) is 12.4 Å². The summed E-state index contributed by atoms with van der Waals surface area (Å²) in [5, 5.41) is 8.20. The van der Waals surface area contributed by atoms with Gasteiger partial charge in [-0.2, -0.15) is 5.10 Å². The maximum absolute atomic E-state index is 4.71. The molecule has 1 atom stereocenters. The standard InChI is InChI=1S/C19H24N6.ClH/c1-15-16(14-25(22-15)17-6-4-3-5-7-17)13-24-11-8-20-12-18(24)19-21-9-10-23(19)2;/h3-7,9-10,14,18,20H,8,11-13H2,1-2H3;1H. The molecule has 26 heavy (non-hydrogen) atoms. The summed E-state index contributed by atoms with van der Waals surface area (Å²) in [7, 11) is 2.06. The fourth-order valence-electron chi connectivity index (χ4n) is 3.47. The molecule has 4 rings (SSSR count). The summed E-state index contributed by atoms with van der Waals surface area (Å²) in [6.45, 7) is 5.92. The molecule has 0 bridgehead atoms. The van der Waals surface area contributed by atoms with Crippen LogP contribution in [0.4, 0.5) is 0 Å². The minimum absolute atomic E-state index is 0. The SMILES string of the molecule is Cc1nn(-c2ccccc2)cc1CN1CCNCC1c1nccn1C.Cl. The van der Waals surface area contributed by atoms with Gasteiger partial charge < -0.3 is 9.88 Å². The van der Waals surface area contributed by atoms with Gasteiger partial charge in [-0.25, -0.2) is 9.67 Å². The van der Waals surface area contributed by atoms with Crippen molar-refractivity contribution in [3.05, 3.63) is 66.0 Å². The van der Waals surface area contributed by atoms with E-state index in [0.717, 1.165) is 43.4 Å². The average molecular weight is 373 g/mol. The number of aryl methyl sites for hydroxylation is 2. The summed E-state index contributed by atoms with van der Waals surface area (Å²) >= 11 is 0. The molecule has 0 aliphatic carbocycles. The molecule has 1 unspecified atom stereocenters. The Morgan fingerprint density at radius 1 is 1.23 bits per heavy atom. The molecule has 138 valence electrons. The van der Waals surface area contributed by atoms with Crippen LogP contribution in [-0.4, -0.2) is 43.9 Å². The molecule has 1 fully saturated rings. The Morgan fingerprint density at radius 2 is 2.04 bits per heavy atom. The maximum Gasteiger partial charge on any atom is 0.127 e. The molecule has 0 radical (unpaired) electrons. The molecule has 1 aromatic carbocycles. The number of benzene rings is 1. The highest BCUT2D eigenvalue weighted by atomic mass is 35.5. The van der Waals surface area contributed by atoms with Gasteiger partial charge in [0.1, 0.15) is 5.82 Å². The Kier molecular flexibility index (Phi) is 5.76. The van der Waals surface area contributed by atoms with Crippen LogP contribution in [0.3, 0.4) is 0 Å². The van der Waals surface area contributed by atoms with Crippen molar-refractivity contribution in [3.8, 4) is 5.69 Å². The van der Waals surface area contributed by atoms with Gasteiger partial charge in [0.05, 0.1) is 17.4 Å². The van der Waals surface area contributed by atoms with Crippen LogP contribution in [0.1, 0.15) is 23.1 Å². The number of piperazine rings is 1. The zero-order valence-corrected chi connectivity index (χ0v) is 16.0. The molecule has 1 aliphatic rings. The first-order valence-electron chi connectivity index (χ1n) is 8.75. The fraction of sp³-hybridized carbons (Fsp3) is 0.368. The first-order valence-corrected chi connectivity index (χ1v) is 8.75. The van der Waals surface area contributed by atoms with Crippen LogP contribution in [0.25, 0.3) is 5.69 Å². The number of para-hydroxylation sites is 1. The van der Waals surface area contributed by atoms with Gasteiger partial charge in [-0.05, 0) is 19.1 Å². The third-order valence-electron chi connectivity index (χ3n) is 4.91. The molecule has 0 spiro atoms. The predicted octanol–water partition coefficient (Wildman–Crippen LogP) is 2.48. The van der Waals surface area contributed by atoms with Crippen molar-refractivity contribution in [3.63, 3.8) is 0 Å². The van der Waals surface area contributed by atoms with Gasteiger partial charge >= 0.3 is 0 Å². The summed E-state index contributed by atoms with van der Waals surface area (Å²) in [4.78, 5) is 7.07. The first-order chi connectivity index (χ1) is 12.2. The molecule has 1 aliphatic heterocycles. The number of aromatic nitrogens is 4. The summed E-state index contributed by atoms with van der Waals surface area (Å²) in [6, 6.07) is 10.6. The van der Waals surface area contributed by atoms with Gasteiger partial charge in [0.2, 0.25) is 0 Å². The minimum Gasteiger partial charge on any atom is -0.337 e. The van der Waals surface area contributed by atoms with Crippen molar-refractivity contribution >= 4 is 12.4 Å². The normalized spacial score (nSPS) is 17.8. The molecule has 1 N–H and O–H groups in total. The molecule has 0 saturated carbocycles. The number of nitrogens with one attached hydrogen (secondary N) is 1. The lowest BCUT2D eigenvalue weighted by molar-refractivity contribution is 0.144. The van der Waals surface area contributed by atoms with Gasteiger partial charge in [0, 0.05) is 57.4 Å². The van der Waals surface area contributed by atoms with E-state index in [1.807, 2.05) is 35.3 Å². The van der Waals surface area contributed by atoms with Crippen molar-refractivity contribution < 1.29 is 0 Å². The number of rotatable bonds is 4. The molecule has 0 amide bonds. The highest BCUT2D eigenvalue weighted by Crippen LogP contribution is 2.24. The highest BCUT2D eigenvalue weighted by molar-refractivity contribution is 5.85. The lowest BCUT2D eigenvalue weighted by atomic mass is 10.1. The highest BCUT2D eigenvalue weighted by Gasteiger charge is 2.27. The Hall–Kier alpha value is -2.15. The second-order valence-electron chi connectivity index (χ2n) is 6.61. The Labute approximate surface area is 160 Å². The Bertz CT molecular complexity index is 841. The van der Waals surface area contributed by atoms with Crippen LogP contribution in [0.15, 0.2) is 48.9 Å². The third kappa shape index (κ3) is 3.67. The van der Waals surface area contributed by atoms with Gasteiger partial charge in [-0.3, -0.25) is 4.90 Å². The number of imidazole rings is 1. The molecule has 1 saturated heterocycles. The van der Waals surface area contributed by atoms with E-state index < -0.39 is 0 Å². The van der Waals surface area contributed by atoms with E-state index in [1.54, 1.807) is 0 Å². The quantitative estimate of drug-likeness (QED) is 0.764. The Morgan fingerprint density at radius 3 is 2.77 bits per heavy atom. The van der Waals surface area contributed by atoms with Gasteiger partial charge in [-0.1, -0.05) is 18.2 Å². The van der Waals surface area contributed by atoms with Crippen LogP contribution in [0, 0.1) is 6.92 Å². The lowest BCUT2D eigenvalue weighted by Crippen LogP contribution is -2.46. The van der Waals surface area contributed by atoms with Crippen LogP contribution in [-0.2, 0) is 13.6 Å². The smallest absolute Gasteiger partial charge is 0.127 e. The molecular formula is C19H25ClN6. The fourth-order valence-corrected chi connectivity index (χ4v) is 3.47. The zero-order valence-electron chi connectivity index (χ0n) is 15.2. The zero-order chi connectivity index (χ0) is 17.2. The van der Waals surface area contributed by atoms with Gasteiger partial charge in [0.15, 0.2) is 0 Å². The van der Waals surface area contributed by atoms with Crippen molar-refractivity contribution in [2.24, 2.45) is 7.05 Å². The van der Waals surface area contributed by atoms with Crippen LogP contribution in [0.5, 0.6) is 0 Å². The van der Waals surface area contributed by atoms with E-state index in [4.69, 9.17) is 5.10 Å². The number of hydrogen-bond donors (Lipinski definition) is 1. The second kappa shape index (κ2) is 8.03. The van der Waals surface area contributed by atoms with E-state index >= 15 is 0 Å². The van der Waals surface area contributed by atoms with Crippen LogP contribution in [0.2, 0.25) is 0 Å².